The van der Waals surface area contributed by atoms with E-state index >= 15 is 0 Å². The molecule has 2 unspecified atom stereocenters. The van der Waals surface area contributed by atoms with Crippen LogP contribution in [0.5, 0.6) is 0 Å². The number of halogens is 2. The van der Waals surface area contributed by atoms with Crippen molar-refractivity contribution >= 4 is 0 Å². The number of hydrogen-bond acceptors (Lipinski definition) is 2. The Morgan fingerprint density at radius 2 is 2.15 bits per heavy atom. The highest BCUT2D eigenvalue weighted by Gasteiger charge is 2.29. The third kappa shape index (κ3) is 4.00. The van der Waals surface area contributed by atoms with Gasteiger partial charge in [0.25, 0.3) is 6.43 Å². The summed E-state index contributed by atoms with van der Waals surface area (Å²) in [7, 11) is 0. The maximum atomic E-state index is 12.8. The summed E-state index contributed by atoms with van der Waals surface area (Å²) in [6.45, 7) is 6.89. The fourth-order valence-electron chi connectivity index (χ4n) is 2.64. The van der Waals surface area contributed by atoms with Gasteiger partial charge in [0, 0.05) is 24.6 Å². The molecule has 0 amide bonds. The Morgan fingerprint density at radius 3 is 2.85 bits per heavy atom. The lowest BCUT2D eigenvalue weighted by atomic mass is 9.94. The van der Waals surface area contributed by atoms with Crippen molar-refractivity contribution in [2.75, 3.05) is 19.7 Å². The van der Waals surface area contributed by atoms with Gasteiger partial charge in [-0.1, -0.05) is 32.0 Å². The maximum Gasteiger partial charge on any atom is 0.263 e. The lowest BCUT2D eigenvalue weighted by molar-refractivity contribution is 0.0897. The minimum absolute atomic E-state index is 0.0617. The van der Waals surface area contributed by atoms with Crippen molar-refractivity contribution in [3.8, 4) is 0 Å². The van der Waals surface area contributed by atoms with Crippen molar-refractivity contribution in [2.24, 2.45) is 11.8 Å². The predicted octanol–water partition coefficient (Wildman–Crippen LogP) is 3.95. The Balaban J connectivity index is 2.01. The van der Waals surface area contributed by atoms with Crippen molar-refractivity contribution in [3.05, 3.63) is 35.4 Å². The highest BCUT2D eigenvalue weighted by Crippen LogP contribution is 2.35. The molecule has 0 spiro atoms. The fourth-order valence-corrected chi connectivity index (χ4v) is 2.64. The van der Waals surface area contributed by atoms with Gasteiger partial charge in [0.2, 0.25) is 0 Å². The van der Waals surface area contributed by atoms with Crippen molar-refractivity contribution in [1.29, 1.82) is 0 Å². The number of ether oxygens (including phenoxy) is 1. The molecule has 1 heterocycles. The van der Waals surface area contributed by atoms with Gasteiger partial charge in [-0.2, -0.15) is 0 Å². The second-order valence-corrected chi connectivity index (χ2v) is 5.86. The van der Waals surface area contributed by atoms with E-state index in [2.05, 4.69) is 19.2 Å². The molecule has 1 aliphatic rings. The van der Waals surface area contributed by atoms with Crippen LogP contribution in [0.25, 0.3) is 0 Å². The quantitative estimate of drug-likeness (QED) is 0.853. The largest absolute Gasteiger partial charge is 0.373 e. The van der Waals surface area contributed by atoms with E-state index in [4.69, 9.17) is 4.74 Å². The average Bonchev–Trinajstić information content (AvgIpc) is 2.87. The number of nitrogens with one attached hydrogen (secondary N) is 1. The van der Waals surface area contributed by atoms with Crippen LogP contribution in [-0.2, 0) is 4.74 Å². The van der Waals surface area contributed by atoms with E-state index in [0.29, 0.717) is 18.4 Å². The predicted molar refractivity (Wildman–Crippen MR) is 75.9 cm³/mol. The molecule has 1 aromatic rings. The second kappa shape index (κ2) is 7.14. The Kier molecular flexibility index (Phi) is 5.49. The number of alkyl halides is 2. The molecule has 2 rings (SSSR count). The fraction of sp³-hybridized carbons (Fsp3) is 0.625. The summed E-state index contributed by atoms with van der Waals surface area (Å²) < 4.78 is 31.3. The van der Waals surface area contributed by atoms with Gasteiger partial charge in [0.05, 0.1) is 6.10 Å². The first kappa shape index (κ1) is 15.4. The standard InChI is InChI=1S/C16H23F2NO/c1-11(2)9-19-10-14-6-7-20-15(14)12-4-3-5-13(8-12)16(17)18/h3-5,8,11,14-16,19H,6-7,9-10H2,1-2H3. The molecule has 20 heavy (non-hydrogen) atoms. The summed E-state index contributed by atoms with van der Waals surface area (Å²) in [5, 5.41) is 3.44. The van der Waals surface area contributed by atoms with E-state index in [1.807, 2.05) is 6.07 Å². The summed E-state index contributed by atoms with van der Waals surface area (Å²) in [5.74, 6) is 0.972. The van der Waals surface area contributed by atoms with Gasteiger partial charge >= 0.3 is 0 Å². The average molecular weight is 283 g/mol. The molecule has 1 aliphatic heterocycles. The molecule has 0 radical (unpaired) electrons. The van der Waals surface area contributed by atoms with Crippen LogP contribution in [0.4, 0.5) is 8.78 Å². The molecule has 2 nitrogen and oxygen atoms in total. The normalized spacial score (nSPS) is 22.9. The smallest absolute Gasteiger partial charge is 0.263 e. The first-order valence-electron chi connectivity index (χ1n) is 7.28. The third-order valence-electron chi connectivity index (χ3n) is 3.66. The molecular weight excluding hydrogens is 260 g/mol. The zero-order valence-electron chi connectivity index (χ0n) is 12.1. The van der Waals surface area contributed by atoms with Crippen LogP contribution in [0, 0.1) is 11.8 Å². The van der Waals surface area contributed by atoms with E-state index in [-0.39, 0.29) is 11.7 Å². The van der Waals surface area contributed by atoms with Crippen LogP contribution < -0.4 is 5.32 Å². The van der Waals surface area contributed by atoms with Gasteiger partial charge in [-0.05, 0) is 30.5 Å². The van der Waals surface area contributed by atoms with E-state index in [9.17, 15) is 8.78 Å². The van der Waals surface area contributed by atoms with Crippen LogP contribution in [0.1, 0.15) is 43.9 Å². The summed E-state index contributed by atoms with van der Waals surface area (Å²) in [5.41, 5.74) is 0.948. The molecule has 1 N–H and O–H groups in total. The van der Waals surface area contributed by atoms with Crippen molar-refractivity contribution in [3.63, 3.8) is 0 Å². The van der Waals surface area contributed by atoms with Crippen molar-refractivity contribution in [2.45, 2.75) is 32.8 Å². The molecule has 1 fully saturated rings. The molecule has 4 heteroatoms. The maximum absolute atomic E-state index is 12.8. The van der Waals surface area contributed by atoms with Crippen LogP contribution in [0.15, 0.2) is 24.3 Å². The highest BCUT2D eigenvalue weighted by atomic mass is 19.3. The zero-order valence-corrected chi connectivity index (χ0v) is 12.1. The summed E-state index contributed by atoms with van der Waals surface area (Å²) in [6.07, 6.45) is -1.50. The monoisotopic (exact) mass is 283 g/mol. The van der Waals surface area contributed by atoms with Gasteiger partial charge in [-0.3, -0.25) is 0 Å². The van der Waals surface area contributed by atoms with Crippen LogP contribution in [0.3, 0.4) is 0 Å². The molecule has 1 aromatic carbocycles. The number of benzene rings is 1. The van der Waals surface area contributed by atoms with E-state index < -0.39 is 6.43 Å². The lowest BCUT2D eigenvalue weighted by Gasteiger charge is -2.20. The van der Waals surface area contributed by atoms with E-state index in [1.54, 1.807) is 12.1 Å². The van der Waals surface area contributed by atoms with Gasteiger partial charge in [0.15, 0.2) is 0 Å². The minimum atomic E-state index is -2.42. The Morgan fingerprint density at radius 1 is 1.35 bits per heavy atom. The van der Waals surface area contributed by atoms with Crippen LogP contribution in [0.2, 0.25) is 0 Å². The number of hydrogen-bond donors (Lipinski definition) is 1. The molecule has 0 aliphatic carbocycles. The van der Waals surface area contributed by atoms with E-state index in [1.165, 1.54) is 6.07 Å². The topological polar surface area (TPSA) is 21.3 Å². The Labute approximate surface area is 119 Å². The SMILES string of the molecule is CC(C)CNCC1CCOC1c1cccc(C(F)F)c1. The molecule has 0 aromatic heterocycles. The van der Waals surface area contributed by atoms with Crippen molar-refractivity contribution in [1.82, 2.24) is 5.32 Å². The summed E-state index contributed by atoms with van der Waals surface area (Å²) in [4.78, 5) is 0. The van der Waals surface area contributed by atoms with Crippen LogP contribution >= 0.6 is 0 Å². The van der Waals surface area contributed by atoms with Gasteiger partial charge in [0.1, 0.15) is 0 Å². The molecule has 0 bridgehead atoms. The molecule has 0 saturated carbocycles. The third-order valence-corrected chi connectivity index (χ3v) is 3.66. The van der Waals surface area contributed by atoms with Gasteiger partial charge in [-0.25, -0.2) is 8.78 Å². The highest BCUT2D eigenvalue weighted by molar-refractivity contribution is 5.27. The summed E-state index contributed by atoms with van der Waals surface area (Å²) in [6, 6.07) is 6.62. The second-order valence-electron chi connectivity index (χ2n) is 5.86. The van der Waals surface area contributed by atoms with Gasteiger partial charge < -0.3 is 10.1 Å². The molecular formula is C16H23F2NO. The first-order valence-corrected chi connectivity index (χ1v) is 7.28. The zero-order chi connectivity index (χ0) is 14.5. The van der Waals surface area contributed by atoms with Crippen molar-refractivity contribution < 1.29 is 13.5 Å². The molecule has 112 valence electrons. The summed E-state index contributed by atoms with van der Waals surface area (Å²) >= 11 is 0. The molecule has 1 saturated heterocycles. The van der Waals surface area contributed by atoms with Gasteiger partial charge in [-0.15, -0.1) is 0 Å². The lowest BCUT2D eigenvalue weighted by Crippen LogP contribution is -2.28. The molecule has 2 atom stereocenters. The number of rotatable bonds is 6. The first-order chi connectivity index (χ1) is 9.58. The Hall–Kier alpha value is -1.00. The van der Waals surface area contributed by atoms with E-state index in [0.717, 1.165) is 25.1 Å². The van der Waals surface area contributed by atoms with Crippen LogP contribution in [-0.4, -0.2) is 19.7 Å². The Bertz CT molecular complexity index is 423. The minimum Gasteiger partial charge on any atom is -0.373 e.